The summed E-state index contributed by atoms with van der Waals surface area (Å²) >= 11 is 0. The summed E-state index contributed by atoms with van der Waals surface area (Å²) in [6, 6.07) is 15.4. The average molecular weight is 338 g/mol. The van der Waals surface area contributed by atoms with Gasteiger partial charge < -0.3 is 9.84 Å². The third-order valence-electron chi connectivity index (χ3n) is 5.49. The minimum absolute atomic E-state index is 0.257. The van der Waals surface area contributed by atoms with Gasteiger partial charge in [-0.2, -0.15) is 0 Å². The Bertz CT molecular complexity index is 622. The fourth-order valence-corrected chi connectivity index (χ4v) is 3.93. The highest BCUT2D eigenvalue weighted by molar-refractivity contribution is 5.36. The van der Waals surface area contributed by atoms with Crippen molar-refractivity contribution in [2.45, 2.75) is 64.2 Å². The van der Waals surface area contributed by atoms with Crippen LogP contribution < -0.4 is 4.74 Å². The summed E-state index contributed by atoms with van der Waals surface area (Å²) in [5.41, 5.74) is 1.45. The molecule has 1 aliphatic rings. The minimum Gasteiger partial charge on any atom is -0.508 e. The average Bonchev–Trinajstić information content (AvgIpc) is 2.65. The van der Waals surface area contributed by atoms with E-state index in [1.807, 2.05) is 0 Å². The molecule has 1 saturated carbocycles. The van der Waals surface area contributed by atoms with Gasteiger partial charge in [-0.1, -0.05) is 44.7 Å². The first kappa shape index (κ1) is 17.8. The lowest BCUT2D eigenvalue weighted by molar-refractivity contribution is 0.302. The van der Waals surface area contributed by atoms with Crippen LogP contribution in [0.25, 0.3) is 0 Å². The van der Waals surface area contributed by atoms with Gasteiger partial charge in [0.25, 0.3) is 0 Å². The smallest absolute Gasteiger partial charge is 0.127 e. The normalized spacial score (nSPS) is 20.4. The van der Waals surface area contributed by atoms with Gasteiger partial charge in [-0.3, -0.25) is 0 Å². The second kappa shape index (κ2) is 8.94. The molecule has 0 saturated heterocycles. The van der Waals surface area contributed by atoms with Crippen molar-refractivity contribution in [2.24, 2.45) is 5.92 Å². The van der Waals surface area contributed by atoms with E-state index < -0.39 is 0 Å². The van der Waals surface area contributed by atoms with E-state index in [0.717, 1.165) is 17.4 Å². The van der Waals surface area contributed by atoms with E-state index in [-0.39, 0.29) is 5.75 Å². The molecule has 2 heteroatoms. The molecular weight excluding hydrogens is 308 g/mol. The van der Waals surface area contributed by atoms with Crippen LogP contribution in [-0.4, -0.2) is 5.11 Å². The quantitative estimate of drug-likeness (QED) is 0.549. The maximum atomic E-state index is 9.33. The van der Waals surface area contributed by atoms with Gasteiger partial charge in [-0.05, 0) is 79.5 Å². The molecule has 0 radical (unpaired) electrons. The molecule has 0 amide bonds. The highest BCUT2D eigenvalue weighted by Crippen LogP contribution is 2.38. The Kier molecular flexibility index (Phi) is 6.38. The standard InChI is InChI=1S/C23H30O2/c1-2-3-4-5-18-6-8-19(9-7-18)20-10-14-22(15-11-20)25-23-16-12-21(24)13-17-23/h10-19,24H,2-9H2,1H3. The van der Waals surface area contributed by atoms with Gasteiger partial charge >= 0.3 is 0 Å². The van der Waals surface area contributed by atoms with Crippen molar-refractivity contribution in [1.82, 2.24) is 0 Å². The number of hydrogen-bond donors (Lipinski definition) is 1. The zero-order chi connectivity index (χ0) is 17.5. The van der Waals surface area contributed by atoms with Crippen LogP contribution in [0.15, 0.2) is 48.5 Å². The molecule has 0 aliphatic heterocycles. The van der Waals surface area contributed by atoms with Gasteiger partial charge in [0.15, 0.2) is 0 Å². The van der Waals surface area contributed by atoms with E-state index >= 15 is 0 Å². The summed E-state index contributed by atoms with van der Waals surface area (Å²) in [6.45, 7) is 2.28. The molecule has 2 aromatic rings. The second-order valence-corrected chi connectivity index (χ2v) is 7.38. The van der Waals surface area contributed by atoms with Gasteiger partial charge in [0.2, 0.25) is 0 Å². The number of hydrogen-bond acceptors (Lipinski definition) is 2. The van der Waals surface area contributed by atoms with Gasteiger partial charge in [0, 0.05) is 0 Å². The molecule has 0 bridgehead atoms. The number of ether oxygens (including phenoxy) is 1. The monoisotopic (exact) mass is 338 g/mol. The topological polar surface area (TPSA) is 29.5 Å². The molecule has 0 spiro atoms. The largest absolute Gasteiger partial charge is 0.508 e. The molecule has 25 heavy (non-hydrogen) atoms. The van der Waals surface area contributed by atoms with Crippen LogP contribution in [0.2, 0.25) is 0 Å². The zero-order valence-electron chi connectivity index (χ0n) is 15.3. The molecule has 0 heterocycles. The number of aromatic hydroxyl groups is 1. The van der Waals surface area contributed by atoms with Crippen molar-refractivity contribution in [3.8, 4) is 17.2 Å². The number of rotatable bonds is 7. The molecule has 1 fully saturated rings. The molecule has 2 aromatic carbocycles. The molecule has 134 valence electrons. The van der Waals surface area contributed by atoms with E-state index in [2.05, 4.69) is 31.2 Å². The zero-order valence-corrected chi connectivity index (χ0v) is 15.3. The van der Waals surface area contributed by atoms with Crippen LogP contribution in [0.1, 0.15) is 69.8 Å². The predicted molar refractivity (Wildman–Crippen MR) is 103 cm³/mol. The summed E-state index contributed by atoms with van der Waals surface area (Å²) < 4.78 is 5.84. The predicted octanol–water partition coefficient (Wildman–Crippen LogP) is 7.04. The lowest BCUT2D eigenvalue weighted by Gasteiger charge is -2.29. The third-order valence-corrected chi connectivity index (χ3v) is 5.49. The summed E-state index contributed by atoms with van der Waals surface area (Å²) in [7, 11) is 0. The lowest BCUT2D eigenvalue weighted by atomic mass is 9.77. The van der Waals surface area contributed by atoms with Gasteiger partial charge in [-0.15, -0.1) is 0 Å². The maximum absolute atomic E-state index is 9.33. The molecule has 1 N–H and O–H groups in total. The summed E-state index contributed by atoms with van der Waals surface area (Å²) in [5, 5.41) is 9.33. The number of phenolic OH excluding ortho intramolecular Hbond substituents is 1. The maximum Gasteiger partial charge on any atom is 0.127 e. The molecule has 1 aliphatic carbocycles. The Morgan fingerprint density at radius 2 is 1.44 bits per heavy atom. The Hall–Kier alpha value is -1.96. The highest BCUT2D eigenvalue weighted by Gasteiger charge is 2.22. The van der Waals surface area contributed by atoms with Crippen LogP contribution in [0.3, 0.4) is 0 Å². The summed E-state index contributed by atoms with van der Waals surface area (Å²) in [6.07, 6.45) is 11.0. The Balaban J connectivity index is 1.50. The van der Waals surface area contributed by atoms with Gasteiger partial charge in [-0.25, -0.2) is 0 Å². The molecule has 0 atom stereocenters. The number of phenols is 1. The summed E-state index contributed by atoms with van der Waals surface area (Å²) in [5.74, 6) is 3.53. The highest BCUT2D eigenvalue weighted by atomic mass is 16.5. The molecular formula is C23H30O2. The van der Waals surface area contributed by atoms with E-state index in [4.69, 9.17) is 4.74 Å². The van der Waals surface area contributed by atoms with Gasteiger partial charge in [0.1, 0.15) is 17.2 Å². The van der Waals surface area contributed by atoms with Crippen molar-refractivity contribution < 1.29 is 9.84 Å². The van der Waals surface area contributed by atoms with Crippen molar-refractivity contribution >= 4 is 0 Å². The van der Waals surface area contributed by atoms with Gasteiger partial charge in [0.05, 0.1) is 0 Å². The molecule has 0 aromatic heterocycles. The van der Waals surface area contributed by atoms with E-state index in [0.29, 0.717) is 5.92 Å². The van der Waals surface area contributed by atoms with E-state index in [9.17, 15) is 5.11 Å². The van der Waals surface area contributed by atoms with Crippen LogP contribution in [0.5, 0.6) is 17.2 Å². The Labute approximate surface area is 151 Å². The second-order valence-electron chi connectivity index (χ2n) is 7.38. The molecule has 0 unspecified atom stereocenters. The fraction of sp³-hybridized carbons (Fsp3) is 0.478. The van der Waals surface area contributed by atoms with Crippen LogP contribution in [0, 0.1) is 5.92 Å². The van der Waals surface area contributed by atoms with Crippen LogP contribution >= 0.6 is 0 Å². The number of benzene rings is 2. The number of unbranched alkanes of at least 4 members (excludes halogenated alkanes) is 2. The van der Waals surface area contributed by atoms with Crippen molar-refractivity contribution in [3.05, 3.63) is 54.1 Å². The molecule has 3 rings (SSSR count). The van der Waals surface area contributed by atoms with Crippen molar-refractivity contribution in [3.63, 3.8) is 0 Å². The Morgan fingerprint density at radius 3 is 2.04 bits per heavy atom. The van der Waals surface area contributed by atoms with Crippen molar-refractivity contribution in [1.29, 1.82) is 0 Å². The first-order valence-corrected chi connectivity index (χ1v) is 9.81. The first-order valence-electron chi connectivity index (χ1n) is 9.81. The van der Waals surface area contributed by atoms with E-state index in [1.165, 1.54) is 56.9 Å². The summed E-state index contributed by atoms with van der Waals surface area (Å²) in [4.78, 5) is 0. The van der Waals surface area contributed by atoms with Crippen LogP contribution in [0.4, 0.5) is 0 Å². The third kappa shape index (κ3) is 5.26. The van der Waals surface area contributed by atoms with E-state index in [1.54, 1.807) is 24.3 Å². The molecule has 2 nitrogen and oxygen atoms in total. The van der Waals surface area contributed by atoms with Crippen molar-refractivity contribution in [2.75, 3.05) is 0 Å². The first-order chi connectivity index (χ1) is 12.2. The fourth-order valence-electron chi connectivity index (χ4n) is 3.93. The van der Waals surface area contributed by atoms with Crippen LogP contribution in [-0.2, 0) is 0 Å². The lowest BCUT2D eigenvalue weighted by Crippen LogP contribution is -2.13. The Morgan fingerprint density at radius 1 is 0.840 bits per heavy atom. The minimum atomic E-state index is 0.257. The SMILES string of the molecule is CCCCCC1CCC(c2ccc(Oc3ccc(O)cc3)cc2)CC1.